The molecule has 128 valence electrons. The molecule has 1 N–H and O–H groups in total. The van der Waals surface area contributed by atoms with Gasteiger partial charge < -0.3 is 9.47 Å². The molecule has 0 radical (unpaired) electrons. The van der Waals surface area contributed by atoms with E-state index in [9.17, 15) is 4.79 Å². The van der Waals surface area contributed by atoms with Crippen LogP contribution in [0.3, 0.4) is 0 Å². The number of pyridine rings is 1. The van der Waals surface area contributed by atoms with Crippen LogP contribution in [0.2, 0.25) is 0 Å². The smallest absolute Gasteiger partial charge is 0.281 e. The molecule has 0 aliphatic carbocycles. The van der Waals surface area contributed by atoms with Crippen LogP contribution in [0.15, 0.2) is 59.5 Å². The zero-order chi connectivity index (χ0) is 17.7. The highest BCUT2D eigenvalue weighted by Crippen LogP contribution is 2.37. The molecule has 0 amide bonds. The van der Waals surface area contributed by atoms with E-state index in [-0.39, 0.29) is 12.4 Å². The molecule has 26 heavy (non-hydrogen) atoms. The van der Waals surface area contributed by atoms with Gasteiger partial charge in [-0.2, -0.15) is 0 Å². The van der Waals surface area contributed by atoms with Crippen molar-refractivity contribution in [2.24, 2.45) is 0 Å². The van der Waals surface area contributed by atoms with E-state index in [1.807, 2.05) is 55.5 Å². The molecule has 2 aromatic carbocycles. The van der Waals surface area contributed by atoms with Crippen molar-refractivity contribution in [2.45, 2.75) is 6.92 Å². The lowest BCUT2D eigenvalue weighted by molar-refractivity contribution is 0.174. The van der Waals surface area contributed by atoms with Gasteiger partial charge in [-0.05, 0) is 53.9 Å². The summed E-state index contributed by atoms with van der Waals surface area (Å²) in [5.41, 5.74) is 3.97. The number of hydrogen-bond acceptors (Lipinski definition) is 4. The zero-order valence-electron chi connectivity index (χ0n) is 14.0. The summed E-state index contributed by atoms with van der Waals surface area (Å²) in [6, 6.07) is 15.3. The number of benzene rings is 2. The predicted molar refractivity (Wildman–Crippen MR) is 98.0 cm³/mol. The number of nitrogens with zero attached hydrogens (tertiary/aromatic N) is 2. The molecule has 0 unspecified atom stereocenters. The van der Waals surface area contributed by atoms with Crippen LogP contribution < -0.4 is 15.0 Å². The molecule has 0 fully saturated rings. The van der Waals surface area contributed by atoms with Crippen LogP contribution in [0.5, 0.6) is 11.5 Å². The second-order valence-corrected chi connectivity index (χ2v) is 6.24. The molecule has 0 atom stereocenters. The topological polar surface area (TPSA) is 69.1 Å². The average Bonchev–Trinajstić information content (AvgIpc) is 3.25. The first-order valence-electron chi connectivity index (χ1n) is 8.27. The standard InChI is InChI=1S/C20H15N3O3/c1-12-3-2-4-14(9-12)23-20(24)18-15(7-8-21-19(18)22-23)13-5-6-16-17(10-13)26-11-25-16/h2-10H,11H2,1H3,(H,21,22). The summed E-state index contributed by atoms with van der Waals surface area (Å²) in [6.07, 6.45) is 1.69. The van der Waals surface area contributed by atoms with Gasteiger partial charge in [0, 0.05) is 6.20 Å². The molecule has 5 rings (SSSR count). The van der Waals surface area contributed by atoms with Crippen molar-refractivity contribution in [1.29, 1.82) is 0 Å². The number of aryl methyl sites for hydroxylation is 1. The Bertz CT molecular complexity index is 1210. The minimum Gasteiger partial charge on any atom is -0.454 e. The minimum atomic E-state index is -0.133. The van der Waals surface area contributed by atoms with Crippen molar-refractivity contribution in [1.82, 2.24) is 14.8 Å². The highest BCUT2D eigenvalue weighted by atomic mass is 16.7. The van der Waals surface area contributed by atoms with Gasteiger partial charge in [-0.3, -0.25) is 9.89 Å². The fourth-order valence-corrected chi connectivity index (χ4v) is 3.29. The van der Waals surface area contributed by atoms with Gasteiger partial charge in [0.05, 0.1) is 11.1 Å². The second-order valence-electron chi connectivity index (χ2n) is 6.24. The Morgan fingerprint density at radius 1 is 1.08 bits per heavy atom. The molecule has 0 saturated carbocycles. The van der Waals surface area contributed by atoms with Crippen LogP contribution in [-0.4, -0.2) is 21.6 Å². The van der Waals surface area contributed by atoms with E-state index in [0.717, 1.165) is 22.4 Å². The van der Waals surface area contributed by atoms with Crippen molar-refractivity contribution in [3.63, 3.8) is 0 Å². The van der Waals surface area contributed by atoms with Crippen LogP contribution in [0, 0.1) is 6.92 Å². The predicted octanol–water partition coefficient (Wildman–Crippen LogP) is 3.42. The van der Waals surface area contributed by atoms with Crippen molar-refractivity contribution in [3.8, 4) is 28.3 Å². The first kappa shape index (κ1) is 14.8. The minimum absolute atomic E-state index is 0.133. The third-order valence-corrected chi connectivity index (χ3v) is 4.53. The summed E-state index contributed by atoms with van der Waals surface area (Å²) < 4.78 is 12.4. The van der Waals surface area contributed by atoms with Crippen molar-refractivity contribution in [3.05, 3.63) is 70.6 Å². The summed E-state index contributed by atoms with van der Waals surface area (Å²) in [6.45, 7) is 2.21. The monoisotopic (exact) mass is 345 g/mol. The van der Waals surface area contributed by atoms with E-state index in [1.54, 1.807) is 6.20 Å². The lowest BCUT2D eigenvalue weighted by Gasteiger charge is -2.04. The van der Waals surface area contributed by atoms with E-state index < -0.39 is 0 Å². The molecular weight excluding hydrogens is 330 g/mol. The van der Waals surface area contributed by atoms with E-state index in [0.29, 0.717) is 22.5 Å². The fourth-order valence-electron chi connectivity index (χ4n) is 3.29. The molecule has 2 aromatic heterocycles. The number of hydrogen-bond donors (Lipinski definition) is 1. The van der Waals surface area contributed by atoms with Crippen molar-refractivity contribution >= 4 is 11.0 Å². The number of aromatic nitrogens is 3. The molecule has 0 spiro atoms. The zero-order valence-corrected chi connectivity index (χ0v) is 14.0. The van der Waals surface area contributed by atoms with Gasteiger partial charge in [0.2, 0.25) is 6.79 Å². The van der Waals surface area contributed by atoms with Gasteiger partial charge in [-0.15, -0.1) is 0 Å². The normalized spacial score (nSPS) is 12.7. The van der Waals surface area contributed by atoms with Crippen molar-refractivity contribution in [2.75, 3.05) is 6.79 Å². The number of rotatable bonds is 2. The average molecular weight is 345 g/mol. The van der Waals surface area contributed by atoms with Gasteiger partial charge >= 0.3 is 0 Å². The number of H-pyrrole nitrogens is 1. The van der Waals surface area contributed by atoms with E-state index in [4.69, 9.17) is 9.47 Å². The molecule has 6 heteroatoms. The van der Waals surface area contributed by atoms with E-state index >= 15 is 0 Å². The van der Waals surface area contributed by atoms with Crippen LogP contribution >= 0.6 is 0 Å². The molecular formula is C20H15N3O3. The Hall–Kier alpha value is -3.54. The molecule has 1 aliphatic heterocycles. The molecule has 4 aromatic rings. The van der Waals surface area contributed by atoms with E-state index in [2.05, 4.69) is 10.1 Å². The first-order valence-corrected chi connectivity index (χ1v) is 8.27. The van der Waals surface area contributed by atoms with Gasteiger partial charge in [0.1, 0.15) is 0 Å². The van der Waals surface area contributed by atoms with Gasteiger partial charge in [0.15, 0.2) is 17.1 Å². The Morgan fingerprint density at radius 2 is 1.96 bits per heavy atom. The summed E-state index contributed by atoms with van der Waals surface area (Å²) in [4.78, 5) is 17.4. The molecule has 3 heterocycles. The largest absolute Gasteiger partial charge is 0.454 e. The Labute approximate surface area is 148 Å². The number of fused-ring (bicyclic) bond motifs is 2. The maximum atomic E-state index is 13.1. The maximum Gasteiger partial charge on any atom is 0.281 e. The molecule has 6 nitrogen and oxygen atoms in total. The number of aromatic amines is 1. The van der Waals surface area contributed by atoms with Crippen LogP contribution in [0.1, 0.15) is 5.56 Å². The second kappa shape index (κ2) is 5.49. The fraction of sp³-hybridized carbons (Fsp3) is 0.100. The Morgan fingerprint density at radius 3 is 2.85 bits per heavy atom. The number of nitrogens with one attached hydrogen (secondary N) is 1. The highest BCUT2D eigenvalue weighted by Gasteiger charge is 2.18. The number of ether oxygens (including phenoxy) is 2. The quantitative estimate of drug-likeness (QED) is 0.604. The lowest BCUT2D eigenvalue weighted by Crippen LogP contribution is -2.14. The SMILES string of the molecule is Cc1cccc(-n2[nH]c3nccc(-c4ccc5c(c4)OCO5)c3c2=O)c1. The Balaban J connectivity index is 1.74. The van der Waals surface area contributed by atoms with Gasteiger partial charge in [-0.1, -0.05) is 18.2 Å². The molecule has 0 saturated heterocycles. The highest BCUT2D eigenvalue weighted by molar-refractivity contribution is 5.92. The first-order chi connectivity index (χ1) is 12.7. The van der Waals surface area contributed by atoms with Crippen LogP contribution in [0.25, 0.3) is 27.8 Å². The van der Waals surface area contributed by atoms with Crippen molar-refractivity contribution < 1.29 is 9.47 Å². The lowest BCUT2D eigenvalue weighted by atomic mass is 10.0. The molecule has 0 bridgehead atoms. The summed E-state index contributed by atoms with van der Waals surface area (Å²) >= 11 is 0. The van der Waals surface area contributed by atoms with Crippen LogP contribution in [-0.2, 0) is 0 Å². The third kappa shape index (κ3) is 2.19. The summed E-state index contributed by atoms with van der Waals surface area (Å²) in [5, 5.41) is 3.66. The maximum absolute atomic E-state index is 13.1. The third-order valence-electron chi connectivity index (χ3n) is 4.53. The molecule has 1 aliphatic rings. The summed E-state index contributed by atoms with van der Waals surface area (Å²) in [5.74, 6) is 1.40. The van der Waals surface area contributed by atoms with Gasteiger partial charge in [0.25, 0.3) is 5.56 Å². The van der Waals surface area contributed by atoms with Gasteiger partial charge in [-0.25, -0.2) is 9.67 Å². The Kier molecular flexibility index (Phi) is 3.12. The van der Waals surface area contributed by atoms with E-state index in [1.165, 1.54) is 4.68 Å². The summed E-state index contributed by atoms with van der Waals surface area (Å²) in [7, 11) is 0. The van der Waals surface area contributed by atoms with Crippen LogP contribution in [0.4, 0.5) is 0 Å².